The van der Waals surface area contributed by atoms with Gasteiger partial charge in [-0.15, -0.1) is 11.3 Å². The van der Waals surface area contributed by atoms with Gasteiger partial charge in [0.2, 0.25) is 0 Å². The maximum Gasteiger partial charge on any atom is 0.263 e. The van der Waals surface area contributed by atoms with E-state index in [2.05, 4.69) is 36.6 Å². The highest BCUT2D eigenvalue weighted by molar-refractivity contribution is 9.11. The van der Waals surface area contributed by atoms with E-state index in [-0.39, 0.29) is 0 Å². The Morgan fingerprint density at radius 3 is 2.47 bits per heavy atom. The standard InChI is InChI=1S/C12H11Br2NO2S2/c1-7-4-3-5-9(12(7)14)15-19(16,17)10-6-11(13)18-8(10)2/h3-6,15H,1-2H3. The minimum absolute atomic E-state index is 0.304. The van der Waals surface area contributed by atoms with Crippen molar-refractivity contribution >= 4 is 58.9 Å². The Bertz CT molecular complexity index is 723. The molecule has 0 saturated carbocycles. The molecule has 0 radical (unpaired) electrons. The third-order valence-electron chi connectivity index (χ3n) is 2.57. The third-order valence-corrected chi connectivity index (χ3v) is 6.79. The zero-order chi connectivity index (χ0) is 14.2. The van der Waals surface area contributed by atoms with Crippen molar-refractivity contribution in [2.75, 3.05) is 4.72 Å². The quantitative estimate of drug-likeness (QED) is 0.776. The summed E-state index contributed by atoms with van der Waals surface area (Å²) in [7, 11) is -3.56. The van der Waals surface area contributed by atoms with Crippen molar-refractivity contribution < 1.29 is 8.42 Å². The number of nitrogens with one attached hydrogen (secondary N) is 1. The van der Waals surface area contributed by atoms with Gasteiger partial charge in [0.05, 0.1) is 9.47 Å². The highest BCUT2D eigenvalue weighted by Crippen LogP contribution is 2.33. The summed E-state index contributed by atoms with van der Waals surface area (Å²) in [6.07, 6.45) is 0. The van der Waals surface area contributed by atoms with E-state index in [1.165, 1.54) is 11.3 Å². The summed E-state index contributed by atoms with van der Waals surface area (Å²) in [5.41, 5.74) is 1.52. The Morgan fingerprint density at radius 2 is 1.89 bits per heavy atom. The fraction of sp³-hybridized carbons (Fsp3) is 0.167. The highest BCUT2D eigenvalue weighted by Gasteiger charge is 2.20. The van der Waals surface area contributed by atoms with Gasteiger partial charge in [-0.1, -0.05) is 12.1 Å². The summed E-state index contributed by atoms with van der Waals surface area (Å²) in [4.78, 5) is 1.06. The molecule has 1 heterocycles. The largest absolute Gasteiger partial charge is 0.278 e. The average molecular weight is 425 g/mol. The van der Waals surface area contributed by atoms with Gasteiger partial charge in [0.25, 0.3) is 10.0 Å². The third kappa shape index (κ3) is 3.21. The van der Waals surface area contributed by atoms with E-state index in [1.54, 1.807) is 19.1 Å². The Balaban J connectivity index is 2.42. The number of rotatable bonds is 3. The van der Waals surface area contributed by atoms with Gasteiger partial charge in [0.1, 0.15) is 4.90 Å². The lowest BCUT2D eigenvalue weighted by molar-refractivity contribution is 0.601. The fourth-order valence-electron chi connectivity index (χ4n) is 1.62. The Labute approximate surface area is 133 Å². The summed E-state index contributed by atoms with van der Waals surface area (Å²) in [6, 6.07) is 7.07. The first-order valence-corrected chi connectivity index (χ1v) is 9.23. The molecule has 2 rings (SSSR count). The van der Waals surface area contributed by atoms with Crippen LogP contribution in [0.3, 0.4) is 0 Å². The molecule has 0 saturated heterocycles. The van der Waals surface area contributed by atoms with Crippen molar-refractivity contribution in [3.63, 3.8) is 0 Å². The number of hydrogen-bond donors (Lipinski definition) is 1. The molecule has 0 atom stereocenters. The summed E-state index contributed by atoms with van der Waals surface area (Å²) in [6.45, 7) is 3.70. The molecule has 7 heteroatoms. The molecule has 0 aliphatic carbocycles. The van der Waals surface area contributed by atoms with Crippen LogP contribution in [0.5, 0.6) is 0 Å². The van der Waals surface area contributed by atoms with Crippen LogP contribution in [0.2, 0.25) is 0 Å². The zero-order valence-corrected chi connectivity index (χ0v) is 15.0. The van der Waals surface area contributed by atoms with E-state index in [4.69, 9.17) is 0 Å². The fourth-order valence-corrected chi connectivity index (χ4v) is 5.61. The molecule has 0 fully saturated rings. The van der Waals surface area contributed by atoms with E-state index >= 15 is 0 Å². The molecular formula is C12H11Br2NO2S2. The maximum atomic E-state index is 12.4. The molecule has 1 aromatic carbocycles. The van der Waals surface area contributed by atoms with Crippen LogP contribution in [0.25, 0.3) is 0 Å². The first kappa shape index (κ1) is 15.0. The Morgan fingerprint density at radius 1 is 1.21 bits per heavy atom. The lowest BCUT2D eigenvalue weighted by atomic mass is 10.2. The lowest BCUT2D eigenvalue weighted by Gasteiger charge is -2.10. The number of sulfonamides is 1. The van der Waals surface area contributed by atoms with E-state index in [1.807, 2.05) is 19.1 Å². The Hall–Kier alpha value is -0.370. The molecule has 3 nitrogen and oxygen atoms in total. The smallest absolute Gasteiger partial charge is 0.263 e. The summed E-state index contributed by atoms with van der Waals surface area (Å²) >= 11 is 8.10. The van der Waals surface area contributed by atoms with Crippen LogP contribution in [0.15, 0.2) is 37.4 Å². The van der Waals surface area contributed by atoms with Gasteiger partial charge >= 0.3 is 0 Å². The highest BCUT2D eigenvalue weighted by atomic mass is 79.9. The molecule has 0 bridgehead atoms. The van der Waals surface area contributed by atoms with Gasteiger partial charge in [-0.2, -0.15) is 0 Å². The normalized spacial score (nSPS) is 11.6. The second-order valence-electron chi connectivity index (χ2n) is 4.01. The molecule has 2 aromatic rings. The minimum Gasteiger partial charge on any atom is -0.278 e. The van der Waals surface area contributed by atoms with Gasteiger partial charge in [-0.25, -0.2) is 8.42 Å². The minimum atomic E-state index is -3.56. The van der Waals surface area contributed by atoms with Crippen molar-refractivity contribution in [2.45, 2.75) is 18.7 Å². The van der Waals surface area contributed by atoms with Crippen LogP contribution in [0, 0.1) is 13.8 Å². The molecule has 0 aliphatic heterocycles. The second-order valence-corrected chi connectivity index (χ2v) is 9.09. The number of thiophene rings is 1. The van der Waals surface area contributed by atoms with Crippen molar-refractivity contribution in [3.05, 3.63) is 43.0 Å². The zero-order valence-electron chi connectivity index (χ0n) is 10.2. The lowest BCUT2D eigenvalue weighted by Crippen LogP contribution is -2.13. The molecular weight excluding hydrogens is 414 g/mol. The van der Waals surface area contributed by atoms with Gasteiger partial charge in [0.15, 0.2) is 0 Å². The van der Waals surface area contributed by atoms with Gasteiger partial charge < -0.3 is 0 Å². The van der Waals surface area contributed by atoms with E-state index in [9.17, 15) is 8.42 Å². The topological polar surface area (TPSA) is 46.2 Å². The van der Waals surface area contributed by atoms with Gasteiger partial charge in [-0.05, 0) is 63.4 Å². The first-order chi connectivity index (χ1) is 8.81. The molecule has 0 unspecified atom stereocenters. The van der Waals surface area contributed by atoms with Crippen LogP contribution < -0.4 is 4.72 Å². The number of hydrogen-bond acceptors (Lipinski definition) is 3. The monoisotopic (exact) mass is 423 g/mol. The first-order valence-electron chi connectivity index (χ1n) is 5.35. The van der Waals surface area contributed by atoms with E-state index in [0.717, 1.165) is 18.7 Å². The molecule has 0 amide bonds. The van der Waals surface area contributed by atoms with Gasteiger partial charge in [-0.3, -0.25) is 4.72 Å². The van der Waals surface area contributed by atoms with Crippen LogP contribution in [0.4, 0.5) is 5.69 Å². The van der Waals surface area contributed by atoms with Crippen LogP contribution in [-0.4, -0.2) is 8.42 Å². The number of aryl methyl sites for hydroxylation is 2. The molecule has 0 aliphatic rings. The molecule has 0 spiro atoms. The van der Waals surface area contributed by atoms with Gasteiger partial charge in [0, 0.05) is 9.35 Å². The van der Waals surface area contributed by atoms with Crippen LogP contribution in [-0.2, 0) is 10.0 Å². The average Bonchev–Trinajstić information content (AvgIpc) is 2.65. The second kappa shape index (κ2) is 5.55. The predicted octanol–water partition coefficient (Wildman–Crippen LogP) is 4.69. The number of halogens is 2. The number of benzene rings is 1. The molecule has 1 aromatic heterocycles. The van der Waals surface area contributed by atoms with E-state index in [0.29, 0.717) is 10.6 Å². The van der Waals surface area contributed by atoms with Crippen LogP contribution >= 0.6 is 43.2 Å². The predicted molar refractivity (Wildman–Crippen MR) is 86.4 cm³/mol. The summed E-state index contributed by atoms with van der Waals surface area (Å²) in [5, 5.41) is 0. The Kier molecular flexibility index (Phi) is 4.39. The molecule has 102 valence electrons. The number of anilines is 1. The van der Waals surface area contributed by atoms with Crippen molar-refractivity contribution in [3.8, 4) is 0 Å². The van der Waals surface area contributed by atoms with Crippen molar-refractivity contribution in [1.29, 1.82) is 0 Å². The SMILES string of the molecule is Cc1cccc(NS(=O)(=O)c2cc(Br)sc2C)c1Br. The molecule has 19 heavy (non-hydrogen) atoms. The van der Waals surface area contributed by atoms with Crippen molar-refractivity contribution in [2.24, 2.45) is 0 Å². The summed E-state index contributed by atoms with van der Waals surface area (Å²) < 4.78 is 28.9. The molecule has 1 N–H and O–H groups in total. The van der Waals surface area contributed by atoms with E-state index < -0.39 is 10.0 Å². The van der Waals surface area contributed by atoms with Crippen molar-refractivity contribution in [1.82, 2.24) is 0 Å². The van der Waals surface area contributed by atoms with Crippen LogP contribution in [0.1, 0.15) is 10.4 Å². The summed E-state index contributed by atoms with van der Waals surface area (Å²) in [5.74, 6) is 0. The maximum absolute atomic E-state index is 12.4.